The first-order valence-electron chi connectivity index (χ1n) is 13.4. The van der Waals surface area contributed by atoms with Gasteiger partial charge < -0.3 is 20.1 Å². The zero-order valence-electron chi connectivity index (χ0n) is 22.7. The molecule has 214 valence electrons. The van der Waals surface area contributed by atoms with Gasteiger partial charge in [0.05, 0.1) is 25.9 Å². The molecule has 1 aliphatic heterocycles. The fraction of sp³-hybridized carbons (Fsp3) is 0.194. The number of carbonyl (C=O) groups excluding carboxylic acids is 1. The van der Waals surface area contributed by atoms with Gasteiger partial charge in [0.2, 0.25) is 5.95 Å². The smallest absolute Gasteiger partial charge is 0.254 e. The van der Waals surface area contributed by atoms with E-state index in [0.717, 1.165) is 16.7 Å². The molecule has 0 radical (unpaired) electrons. The van der Waals surface area contributed by atoms with Crippen molar-refractivity contribution in [2.24, 2.45) is 0 Å². The van der Waals surface area contributed by atoms with Crippen LogP contribution in [0.25, 0.3) is 16.8 Å². The number of hydrogen-bond acceptors (Lipinski definition) is 7. The van der Waals surface area contributed by atoms with E-state index < -0.39 is 12.4 Å². The standard InChI is InChI=1S/C31H28F2N6O3/c1-42-27-14-22(30(41)38-17-25(33)18-38)8-12-26(27)35-31-36-28-13-9-23(16-39(28)37-31)20-4-6-21(7-5-20)29(40)34-15-19-2-10-24(32)11-3-19/h2-14,16,25,29,34,40H,15,17-18H2,1H3,(H,35,37). The molecule has 3 aromatic carbocycles. The Balaban J connectivity index is 1.13. The Morgan fingerprint density at radius 1 is 1.05 bits per heavy atom. The van der Waals surface area contributed by atoms with Gasteiger partial charge in [-0.05, 0) is 59.2 Å². The number of pyridine rings is 1. The second kappa shape index (κ2) is 11.6. The molecule has 9 nitrogen and oxygen atoms in total. The number of hydrogen-bond donors (Lipinski definition) is 3. The normalized spacial score (nSPS) is 14.0. The molecule has 1 atom stereocenters. The van der Waals surface area contributed by atoms with Gasteiger partial charge in [-0.15, -0.1) is 5.10 Å². The molecule has 5 aromatic rings. The van der Waals surface area contributed by atoms with Gasteiger partial charge in [0.15, 0.2) is 5.65 Å². The number of aliphatic hydroxyl groups excluding tert-OH is 1. The van der Waals surface area contributed by atoms with E-state index in [1.807, 2.05) is 42.6 Å². The van der Waals surface area contributed by atoms with Gasteiger partial charge >= 0.3 is 0 Å². The third-order valence-corrected chi connectivity index (χ3v) is 7.12. The Bertz CT molecular complexity index is 1720. The number of benzene rings is 3. The highest BCUT2D eigenvalue weighted by Crippen LogP contribution is 2.30. The molecule has 3 heterocycles. The Morgan fingerprint density at radius 2 is 1.79 bits per heavy atom. The van der Waals surface area contributed by atoms with Crippen LogP contribution in [0.2, 0.25) is 0 Å². The van der Waals surface area contributed by atoms with Crippen molar-refractivity contribution in [2.75, 3.05) is 25.5 Å². The van der Waals surface area contributed by atoms with Crippen LogP contribution in [0.3, 0.4) is 0 Å². The third kappa shape index (κ3) is 5.78. The fourth-order valence-corrected chi connectivity index (χ4v) is 4.72. The van der Waals surface area contributed by atoms with Gasteiger partial charge in [-0.25, -0.2) is 13.3 Å². The fourth-order valence-electron chi connectivity index (χ4n) is 4.72. The number of alkyl halides is 1. The molecule has 3 N–H and O–H groups in total. The number of methoxy groups -OCH3 is 1. The number of carbonyl (C=O) groups is 1. The lowest BCUT2D eigenvalue weighted by Gasteiger charge is -2.34. The number of aliphatic hydroxyl groups is 1. The van der Waals surface area contributed by atoms with Crippen LogP contribution in [0.15, 0.2) is 85.1 Å². The van der Waals surface area contributed by atoms with Crippen molar-refractivity contribution in [1.29, 1.82) is 0 Å². The monoisotopic (exact) mass is 570 g/mol. The van der Waals surface area contributed by atoms with Crippen LogP contribution in [0, 0.1) is 5.82 Å². The zero-order valence-corrected chi connectivity index (χ0v) is 22.7. The SMILES string of the molecule is COc1cc(C(=O)N2CC(F)C2)ccc1Nc1nc2ccc(-c3ccc(C(O)NCc4ccc(F)cc4)cc3)cn2n1. The highest BCUT2D eigenvalue weighted by Gasteiger charge is 2.31. The average molecular weight is 571 g/mol. The predicted molar refractivity (Wildman–Crippen MR) is 154 cm³/mol. The minimum atomic E-state index is -0.965. The minimum Gasteiger partial charge on any atom is -0.495 e. The van der Waals surface area contributed by atoms with Gasteiger partial charge in [0.25, 0.3) is 5.91 Å². The molecule has 2 aromatic heterocycles. The van der Waals surface area contributed by atoms with Gasteiger partial charge in [0, 0.05) is 23.9 Å². The summed E-state index contributed by atoms with van der Waals surface area (Å²) in [6.07, 6.45) is 0.0154. The van der Waals surface area contributed by atoms with Crippen LogP contribution in [0.4, 0.5) is 20.4 Å². The van der Waals surface area contributed by atoms with Crippen LogP contribution < -0.4 is 15.4 Å². The summed E-state index contributed by atoms with van der Waals surface area (Å²) in [5, 5.41) is 21.2. The molecule has 11 heteroatoms. The Labute approximate surface area is 240 Å². The molecule has 1 aliphatic rings. The maximum Gasteiger partial charge on any atom is 0.254 e. The number of rotatable bonds is 9. The molecule has 1 amide bonds. The summed E-state index contributed by atoms with van der Waals surface area (Å²) in [5.74, 6) is 0.245. The van der Waals surface area contributed by atoms with E-state index in [0.29, 0.717) is 40.7 Å². The summed E-state index contributed by atoms with van der Waals surface area (Å²) >= 11 is 0. The summed E-state index contributed by atoms with van der Waals surface area (Å²) in [6, 6.07) is 22.4. The number of halogens is 2. The topological polar surface area (TPSA) is 104 Å². The van der Waals surface area contributed by atoms with E-state index in [4.69, 9.17) is 4.74 Å². The number of aromatic nitrogens is 3. The summed E-state index contributed by atoms with van der Waals surface area (Å²) in [7, 11) is 1.51. The highest BCUT2D eigenvalue weighted by atomic mass is 19.1. The summed E-state index contributed by atoms with van der Waals surface area (Å²) < 4.78 is 33.4. The zero-order chi connectivity index (χ0) is 29.2. The maximum absolute atomic E-state index is 13.2. The summed E-state index contributed by atoms with van der Waals surface area (Å²) in [5.41, 5.74) is 5.03. The van der Waals surface area contributed by atoms with E-state index >= 15 is 0 Å². The molecule has 0 bridgehead atoms. The quantitative estimate of drug-likeness (QED) is 0.218. The van der Waals surface area contributed by atoms with Crippen molar-refractivity contribution in [3.63, 3.8) is 0 Å². The first-order valence-corrected chi connectivity index (χ1v) is 13.4. The predicted octanol–water partition coefficient (Wildman–Crippen LogP) is 4.86. The molecular weight excluding hydrogens is 542 g/mol. The van der Waals surface area contributed by atoms with Gasteiger partial charge in [-0.1, -0.05) is 36.4 Å². The Hall–Kier alpha value is -4.87. The third-order valence-electron chi connectivity index (χ3n) is 7.12. The number of nitrogens with zero attached hydrogens (tertiary/aromatic N) is 4. The molecule has 0 aliphatic carbocycles. The minimum absolute atomic E-state index is 0.108. The van der Waals surface area contributed by atoms with Crippen LogP contribution in [-0.2, 0) is 6.54 Å². The van der Waals surface area contributed by atoms with Crippen molar-refractivity contribution in [3.8, 4) is 16.9 Å². The van der Waals surface area contributed by atoms with Crippen molar-refractivity contribution in [1.82, 2.24) is 24.8 Å². The number of amides is 1. The number of fused-ring (bicyclic) bond motifs is 1. The molecule has 42 heavy (non-hydrogen) atoms. The second-order valence-electron chi connectivity index (χ2n) is 10.0. The van der Waals surface area contributed by atoms with Crippen LogP contribution >= 0.6 is 0 Å². The first-order chi connectivity index (χ1) is 20.4. The van der Waals surface area contributed by atoms with Crippen molar-refractivity contribution >= 4 is 23.2 Å². The van der Waals surface area contributed by atoms with E-state index in [1.54, 1.807) is 34.8 Å². The van der Waals surface area contributed by atoms with Crippen molar-refractivity contribution in [2.45, 2.75) is 18.9 Å². The first kappa shape index (κ1) is 27.3. The van der Waals surface area contributed by atoms with Gasteiger partial charge in [0.1, 0.15) is 24.0 Å². The molecule has 1 unspecified atom stereocenters. The van der Waals surface area contributed by atoms with Crippen LogP contribution in [0.5, 0.6) is 5.75 Å². The Morgan fingerprint density at radius 3 is 2.50 bits per heavy atom. The van der Waals surface area contributed by atoms with Crippen molar-refractivity contribution in [3.05, 3.63) is 108 Å². The highest BCUT2D eigenvalue weighted by molar-refractivity contribution is 5.96. The maximum atomic E-state index is 13.2. The molecule has 1 fully saturated rings. The molecule has 0 saturated carbocycles. The van der Waals surface area contributed by atoms with E-state index in [9.17, 15) is 18.7 Å². The van der Waals surface area contributed by atoms with Crippen LogP contribution in [0.1, 0.15) is 27.7 Å². The molecule has 1 saturated heterocycles. The number of anilines is 2. The molecule has 0 spiro atoms. The molecular formula is C31H28F2N6O3. The van der Waals surface area contributed by atoms with E-state index in [1.165, 1.54) is 24.1 Å². The molecule has 6 rings (SSSR count). The lowest BCUT2D eigenvalue weighted by Crippen LogP contribution is -2.51. The van der Waals surface area contributed by atoms with E-state index in [-0.39, 0.29) is 24.8 Å². The summed E-state index contributed by atoms with van der Waals surface area (Å²) in [6.45, 7) is 0.614. The summed E-state index contributed by atoms with van der Waals surface area (Å²) in [4.78, 5) is 18.5. The lowest BCUT2D eigenvalue weighted by atomic mass is 10.0. The Kier molecular flexibility index (Phi) is 7.51. The number of likely N-dealkylation sites (tertiary alicyclic amines) is 1. The van der Waals surface area contributed by atoms with Crippen molar-refractivity contribution < 1.29 is 23.4 Å². The largest absolute Gasteiger partial charge is 0.495 e. The van der Waals surface area contributed by atoms with Crippen LogP contribution in [-0.4, -0.2) is 56.9 Å². The van der Waals surface area contributed by atoms with Gasteiger partial charge in [-0.2, -0.15) is 4.98 Å². The average Bonchev–Trinajstić information content (AvgIpc) is 3.40. The van der Waals surface area contributed by atoms with E-state index in [2.05, 4.69) is 20.7 Å². The lowest BCUT2D eigenvalue weighted by molar-refractivity contribution is 0.0400. The second-order valence-corrected chi connectivity index (χ2v) is 10.0. The van der Waals surface area contributed by atoms with Gasteiger partial charge in [-0.3, -0.25) is 10.1 Å². The number of nitrogens with one attached hydrogen (secondary N) is 2. The number of ether oxygens (including phenoxy) is 1.